The molecule has 3 rings (SSSR count). The number of hydrogen-bond acceptors (Lipinski definition) is 1. The van der Waals surface area contributed by atoms with Crippen molar-refractivity contribution in [2.75, 3.05) is 26.2 Å². The molecule has 1 amide bonds. The molecule has 3 nitrogen and oxygen atoms in total. The Morgan fingerprint density at radius 1 is 1.12 bits per heavy atom. The second kappa shape index (κ2) is 7.28. The Hall–Kier alpha value is -1.98. The SMILES string of the molecule is O=C(c1ccc(F)cc1F)N1CC[NH+](Cc2cccc(Cl)c2)CC1. The van der Waals surface area contributed by atoms with Crippen LogP contribution < -0.4 is 4.90 Å². The minimum absolute atomic E-state index is 0.0744. The van der Waals surface area contributed by atoms with Gasteiger partial charge in [-0.05, 0) is 24.3 Å². The first-order chi connectivity index (χ1) is 11.5. The fourth-order valence-corrected chi connectivity index (χ4v) is 3.18. The molecule has 1 heterocycles. The molecule has 1 saturated heterocycles. The molecule has 0 spiro atoms. The van der Waals surface area contributed by atoms with Crippen LogP contribution in [0.25, 0.3) is 0 Å². The molecule has 1 aliphatic heterocycles. The summed E-state index contributed by atoms with van der Waals surface area (Å²) >= 11 is 6.00. The van der Waals surface area contributed by atoms with E-state index in [1.54, 1.807) is 4.90 Å². The lowest BCUT2D eigenvalue weighted by Gasteiger charge is -2.32. The Morgan fingerprint density at radius 3 is 2.54 bits per heavy atom. The van der Waals surface area contributed by atoms with E-state index < -0.39 is 11.6 Å². The van der Waals surface area contributed by atoms with Crippen LogP contribution in [0.15, 0.2) is 42.5 Å². The van der Waals surface area contributed by atoms with Gasteiger partial charge in [-0.2, -0.15) is 0 Å². The third kappa shape index (κ3) is 3.91. The Balaban J connectivity index is 1.59. The first-order valence-electron chi connectivity index (χ1n) is 7.85. The van der Waals surface area contributed by atoms with Crippen molar-refractivity contribution in [2.45, 2.75) is 6.54 Å². The fourth-order valence-electron chi connectivity index (χ4n) is 2.97. The molecule has 0 bridgehead atoms. The number of amides is 1. The van der Waals surface area contributed by atoms with Crippen LogP contribution in [-0.4, -0.2) is 37.0 Å². The van der Waals surface area contributed by atoms with Crippen molar-refractivity contribution in [2.24, 2.45) is 0 Å². The van der Waals surface area contributed by atoms with Crippen LogP contribution in [0.1, 0.15) is 15.9 Å². The topological polar surface area (TPSA) is 24.8 Å². The highest BCUT2D eigenvalue weighted by atomic mass is 35.5. The molecule has 2 aromatic carbocycles. The van der Waals surface area contributed by atoms with E-state index in [2.05, 4.69) is 0 Å². The zero-order valence-corrected chi connectivity index (χ0v) is 13.8. The highest BCUT2D eigenvalue weighted by molar-refractivity contribution is 6.30. The highest BCUT2D eigenvalue weighted by Crippen LogP contribution is 2.13. The number of nitrogens with one attached hydrogen (secondary N) is 1. The molecule has 0 radical (unpaired) electrons. The first-order valence-corrected chi connectivity index (χ1v) is 8.23. The van der Waals surface area contributed by atoms with Gasteiger partial charge in [0, 0.05) is 16.7 Å². The molecule has 24 heavy (non-hydrogen) atoms. The zero-order chi connectivity index (χ0) is 17.1. The predicted octanol–water partition coefficient (Wildman–Crippen LogP) is 2.16. The largest absolute Gasteiger partial charge is 0.328 e. The number of rotatable bonds is 3. The van der Waals surface area contributed by atoms with Crippen LogP contribution in [0.2, 0.25) is 5.02 Å². The Kier molecular flexibility index (Phi) is 5.11. The van der Waals surface area contributed by atoms with Gasteiger partial charge >= 0.3 is 0 Å². The Bertz CT molecular complexity index is 746. The molecular formula is C18H18ClF2N2O+. The molecule has 1 N–H and O–H groups in total. The fraction of sp³-hybridized carbons (Fsp3) is 0.278. The van der Waals surface area contributed by atoms with Crippen LogP contribution in [0.4, 0.5) is 8.78 Å². The summed E-state index contributed by atoms with van der Waals surface area (Å²) in [5.41, 5.74) is 1.08. The van der Waals surface area contributed by atoms with E-state index >= 15 is 0 Å². The minimum atomic E-state index is -0.811. The van der Waals surface area contributed by atoms with E-state index in [1.165, 1.54) is 11.0 Å². The zero-order valence-electron chi connectivity index (χ0n) is 13.1. The standard InChI is InChI=1S/C18H17ClF2N2O/c19-14-3-1-2-13(10-14)12-22-6-8-23(9-7-22)18(24)16-5-4-15(20)11-17(16)21/h1-5,10-11H,6-9,12H2/p+1. The number of carbonyl (C=O) groups excluding carboxylic acids is 1. The molecule has 0 atom stereocenters. The van der Waals surface area contributed by atoms with Gasteiger partial charge in [0.15, 0.2) is 0 Å². The van der Waals surface area contributed by atoms with E-state index in [4.69, 9.17) is 11.6 Å². The molecular weight excluding hydrogens is 334 g/mol. The quantitative estimate of drug-likeness (QED) is 0.900. The van der Waals surface area contributed by atoms with Crippen molar-refractivity contribution in [3.63, 3.8) is 0 Å². The summed E-state index contributed by atoms with van der Waals surface area (Å²) in [6, 6.07) is 10.8. The smallest absolute Gasteiger partial charge is 0.257 e. The number of nitrogens with zero attached hydrogens (tertiary/aromatic N) is 1. The molecule has 0 aromatic heterocycles. The molecule has 6 heteroatoms. The molecule has 126 valence electrons. The molecule has 1 aliphatic rings. The van der Waals surface area contributed by atoms with Gasteiger partial charge in [0.05, 0.1) is 31.7 Å². The average molecular weight is 352 g/mol. The Labute approximate surface area is 144 Å². The second-order valence-electron chi connectivity index (χ2n) is 5.97. The van der Waals surface area contributed by atoms with Gasteiger partial charge in [0.25, 0.3) is 5.91 Å². The maximum absolute atomic E-state index is 13.8. The maximum Gasteiger partial charge on any atom is 0.257 e. The molecule has 0 unspecified atom stereocenters. The Morgan fingerprint density at radius 2 is 1.88 bits per heavy atom. The minimum Gasteiger partial charge on any atom is -0.328 e. The van der Waals surface area contributed by atoms with Crippen molar-refractivity contribution in [1.29, 1.82) is 0 Å². The van der Waals surface area contributed by atoms with E-state index in [-0.39, 0.29) is 11.5 Å². The molecule has 0 saturated carbocycles. The lowest BCUT2D eigenvalue weighted by atomic mass is 10.1. The number of benzene rings is 2. The van der Waals surface area contributed by atoms with E-state index in [0.29, 0.717) is 18.1 Å². The number of piperazine rings is 1. The second-order valence-corrected chi connectivity index (χ2v) is 6.41. The van der Waals surface area contributed by atoms with Crippen LogP contribution in [0.3, 0.4) is 0 Å². The lowest BCUT2D eigenvalue weighted by Crippen LogP contribution is -3.13. The van der Waals surface area contributed by atoms with Gasteiger partial charge < -0.3 is 9.80 Å². The van der Waals surface area contributed by atoms with E-state index in [0.717, 1.165) is 37.3 Å². The van der Waals surface area contributed by atoms with Crippen molar-refractivity contribution >= 4 is 17.5 Å². The highest BCUT2D eigenvalue weighted by Gasteiger charge is 2.26. The van der Waals surface area contributed by atoms with Gasteiger partial charge in [-0.15, -0.1) is 0 Å². The van der Waals surface area contributed by atoms with Gasteiger partial charge in [0.1, 0.15) is 18.2 Å². The molecule has 1 fully saturated rings. The van der Waals surface area contributed by atoms with Gasteiger partial charge in [0.2, 0.25) is 0 Å². The maximum atomic E-state index is 13.8. The lowest BCUT2D eigenvalue weighted by molar-refractivity contribution is -0.917. The first kappa shape index (κ1) is 16.9. The van der Waals surface area contributed by atoms with Crippen LogP contribution in [0.5, 0.6) is 0 Å². The summed E-state index contributed by atoms with van der Waals surface area (Å²) in [4.78, 5) is 15.3. The summed E-state index contributed by atoms with van der Waals surface area (Å²) in [6.45, 7) is 3.49. The van der Waals surface area contributed by atoms with Crippen molar-refractivity contribution in [3.05, 3.63) is 70.2 Å². The number of carbonyl (C=O) groups is 1. The van der Waals surface area contributed by atoms with Crippen LogP contribution >= 0.6 is 11.6 Å². The average Bonchev–Trinajstić information content (AvgIpc) is 2.55. The van der Waals surface area contributed by atoms with Gasteiger partial charge in [-0.1, -0.05) is 23.7 Å². The van der Waals surface area contributed by atoms with Crippen molar-refractivity contribution in [3.8, 4) is 0 Å². The summed E-state index contributed by atoms with van der Waals surface area (Å²) in [5, 5.41) is 0.715. The van der Waals surface area contributed by atoms with Gasteiger partial charge in [-0.3, -0.25) is 4.79 Å². The molecule has 0 aliphatic carbocycles. The van der Waals surface area contributed by atoms with Crippen molar-refractivity contribution in [1.82, 2.24) is 4.90 Å². The summed E-state index contributed by atoms with van der Waals surface area (Å²) in [7, 11) is 0. The number of quaternary nitrogens is 1. The predicted molar refractivity (Wildman–Crippen MR) is 88.1 cm³/mol. The van der Waals surface area contributed by atoms with Crippen molar-refractivity contribution < 1.29 is 18.5 Å². The summed E-state index contributed by atoms with van der Waals surface area (Å²) in [5.74, 6) is -1.87. The third-order valence-corrected chi connectivity index (χ3v) is 4.50. The number of halogens is 3. The van der Waals surface area contributed by atoms with Crippen LogP contribution in [0, 0.1) is 11.6 Å². The number of hydrogen-bond donors (Lipinski definition) is 1. The van der Waals surface area contributed by atoms with Gasteiger partial charge in [-0.25, -0.2) is 8.78 Å². The molecule has 2 aromatic rings. The monoisotopic (exact) mass is 351 g/mol. The summed E-state index contributed by atoms with van der Waals surface area (Å²) < 4.78 is 26.7. The van der Waals surface area contributed by atoms with Crippen LogP contribution in [-0.2, 0) is 6.54 Å². The van der Waals surface area contributed by atoms with E-state index in [1.807, 2.05) is 24.3 Å². The normalized spacial score (nSPS) is 15.5. The third-order valence-electron chi connectivity index (χ3n) is 4.26. The van der Waals surface area contributed by atoms with E-state index in [9.17, 15) is 13.6 Å². The summed E-state index contributed by atoms with van der Waals surface area (Å²) in [6.07, 6.45) is 0.